The molecule has 1 heterocycles. The largest absolute Gasteiger partial charge is 0.305 e. The maximum absolute atomic E-state index is 12.1. The predicted molar refractivity (Wildman–Crippen MR) is 90.0 cm³/mol. The van der Waals surface area contributed by atoms with E-state index in [2.05, 4.69) is 17.2 Å². The third-order valence-corrected chi connectivity index (χ3v) is 4.02. The molecule has 0 fully saturated rings. The number of amides is 1. The van der Waals surface area contributed by atoms with Crippen molar-refractivity contribution in [3.63, 3.8) is 0 Å². The lowest BCUT2D eigenvalue weighted by Crippen LogP contribution is -2.24. The molecule has 4 heteroatoms. The molecule has 0 radical (unpaired) electrons. The average molecular weight is 311 g/mol. The first kappa shape index (κ1) is 14.5. The van der Waals surface area contributed by atoms with Crippen molar-refractivity contribution in [2.45, 2.75) is 13.8 Å². The zero-order valence-corrected chi connectivity index (χ0v) is 13.1. The molecule has 1 N–H and O–H groups in total. The first-order valence-corrected chi connectivity index (χ1v) is 7.36. The van der Waals surface area contributed by atoms with Crippen LogP contribution >= 0.6 is 11.6 Å². The van der Waals surface area contributed by atoms with E-state index in [9.17, 15) is 4.79 Å². The molecule has 0 saturated heterocycles. The molecule has 0 aromatic heterocycles. The zero-order chi connectivity index (χ0) is 15.7. The molecule has 1 amide bonds. The zero-order valence-electron chi connectivity index (χ0n) is 12.4. The predicted octanol–water partition coefficient (Wildman–Crippen LogP) is 3.87. The fourth-order valence-corrected chi connectivity index (χ4v) is 2.42. The number of aliphatic imine (C=N–C) groups is 1. The van der Waals surface area contributed by atoms with Crippen molar-refractivity contribution in [3.8, 4) is 0 Å². The number of carbonyl (C=O) groups excluding carboxylic acids is 1. The SMILES string of the molecule is Cc1ccc(C2=N/C(=C\c3ccccc3Cl)C(=O)N2)cc1C. The Kier molecular flexibility index (Phi) is 3.82. The van der Waals surface area contributed by atoms with Crippen LogP contribution in [-0.2, 0) is 4.79 Å². The molecule has 0 atom stereocenters. The molecule has 0 spiro atoms. The second kappa shape index (κ2) is 5.78. The molecule has 1 aliphatic rings. The van der Waals surface area contributed by atoms with E-state index in [-0.39, 0.29) is 5.91 Å². The third-order valence-electron chi connectivity index (χ3n) is 3.67. The lowest BCUT2D eigenvalue weighted by Gasteiger charge is -2.04. The number of hydrogen-bond acceptors (Lipinski definition) is 2. The van der Waals surface area contributed by atoms with Gasteiger partial charge in [0.2, 0.25) is 0 Å². The molecule has 22 heavy (non-hydrogen) atoms. The summed E-state index contributed by atoms with van der Waals surface area (Å²) in [6.07, 6.45) is 1.70. The monoisotopic (exact) mass is 310 g/mol. The summed E-state index contributed by atoms with van der Waals surface area (Å²) in [4.78, 5) is 16.5. The lowest BCUT2D eigenvalue weighted by molar-refractivity contribution is -0.115. The van der Waals surface area contributed by atoms with Gasteiger partial charge in [0.15, 0.2) is 0 Å². The normalized spacial score (nSPS) is 15.9. The van der Waals surface area contributed by atoms with E-state index in [1.807, 2.05) is 43.3 Å². The van der Waals surface area contributed by atoms with Gasteiger partial charge in [0, 0.05) is 10.6 Å². The highest BCUT2D eigenvalue weighted by molar-refractivity contribution is 6.32. The van der Waals surface area contributed by atoms with E-state index in [1.165, 1.54) is 5.56 Å². The third kappa shape index (κ3) is 2.81. The highest BCUT2D eigenvalue weighted by atomic mass is 35.5. The highest BCUT2D eigenvalue weighted by Gasteiger charge is 2.21. The van der Waals surface area contributed by atoms with Crippen LogP contribution in [0.4, 0.5) is 0 Å². The quantitative estimate of drug-likeness (QED) is 0.840. The summed E-state index contributed by atoms with van der Waals surface area (Å²) in [5.74, 6) is 0.361. The van der Waals surface area contributed by atoms with Gasteiger partial charge in [-0.05, 0) is 48.7 Å². The van der Waals surface area contributed by atoms with Crippen LogP contribution in [0.15, 0.2) is 53.2 Å². The number of aryl methyl sites for hydroxylation is 2. The van der Waals surface area contributed by atoms with E-state index >= 15 is 0 Å². The Labute approximate surface area is 134 Å². The van der Waals surface area contributed by atoms with Crippen LogP contribution in [0.2, 0.25) is 5.02 Å². The number of rotatable bonds is 2. The Morgan fingerprint density at radius 2 is 1.86 bits per heavy atom. The number of amidine groups is 1. The standard InChI is InChI=1S/C18H15ClN2O/c1-11-7-8-14(9-12(11)2)17-20-16(18(22)21-17)10-13-5-3-4-6-15(13)19/h3-10H,1-2H3,(H,20,21,22)/b16-10-. The summed E-state index contributed by atoms with van der Waals surface area (Å²) in [5.41, 5.74) is 4.42. The van der Waals surface area contributed by atoms with Gasteiger partial charge in [-0.3, -0.25) is 4.79 Å². The van der Waals surface area contributed by atoms with E-state index in [4.69, 9.17) is 11.6 Å². The summed E-state index contributed by atoms with van der Waals surface area (Å²) < 4.78 is 0. The average Bonchev–Trinajstić information content (AvgIpc) is 2.85. The van der Waals surface area contributed by atoms with Crippen LogP contribution in [0.25, 0.3) is 6.08 Å². The maximum Gasteiger partial charge on any atom is 0.275 e. The van der Waals surface area contributed by atoms with Gasteiger partial charge < -0.3 is 5.32 Å². The van der Waals surface area contributed by atoms with E-state index in [1.54, 1.807) is 12.1 Å². The van der Waals surface area contributed by atoms with E-state index in [0.29, 0.717) is 16.6 Å². The van der Waals surface area contributed by atoms with Gasteiger partial charge in [-0.1, -0.05) is 41.9 Å². The number of carbonyl (C=O) groups is 1. The fourth-order valence-electron chi connectivity index (χ4n) is 2.23. The van der Waals surface area contributed by atoms with Crippen molar-refractivity contribution < 1.29 is 4.79 Å². The fraction of sp³-hybridized carbons (Fsp3) is 0.111. The van der Waals surface area contributed by atoms with Gasteiger partial charge in [-0.15, -0.1) is 0 Å². The van der Waals surface area contributed by atoms with E-state index in [0.717, 1.165) is 16.7 Å². The van der Waals surface area contributed by atoms with Crippen molar-refractivity contribution in [1.82, 2.24) is 5.32 Å². The summed E-state index contributed by atoms with van der Waals surface area (Å²) in [5, 5.41) is 3.40. The molecule has 3 rings (SSSR count). The molecule has 0 bridgehead atoms. The Morgan fingerprint density at radius 1 is 1.09 bits per heavy atom. The first-order chi connectivity index (χ1) is 10.5. The number of halogens is 1. The second-order valence-electron chi connectivity index (χ2n) is 5.26. The maximum atomic E-state index is 12.1. The van der Waals surface area contributed by atoms with Gasteiger partial charge in [0.25, 0.3) is 5.91 Å². The molecule has 1 aliphatic heterocycles. The van der Waals surface area contributed by atoms with Gasteiger partial charge in [-0.25, -0.2) is 4.99 Å². The molecule has 0 saturated carbocycles. The minimum atomic E-state index is -0.215. The van der Waals surface area contributed by atoms with E-state index < -0.39 is 0 Å². The summed E-state index contributed by atoms with van der Waals surface area (Å²) in [6.45, 7) is 4.09. The minimum Gasteiger partial charge on any atom is -0.305 e. The van der Waals surface area contributed by atoms with Crippen molar-refractivity contribution >= 4 is 29.4 Å². The molecular formula is C18H15ClN2O. The number of hydrogen-bond donors (Lipinski definition) is 1. The van der Waals surface area contributed by atoms with Crippen LogP contribution in [0, 0.1) is 13.8 Å². The smallest absolute Gasteiger partial charge is 0.275 e. The van der Waals surface area contributed by atoms with Gasteiger partial charge >= 0.3 is 0 Å². The molecule has 0 aliphatic carbocycles. The van der Waals surface area contributed by atoms with Crippen molar-refractivity contribution in [2.24, 2.45) is 4.99 Å². The van der Waals surface area contributed by atoms with Gasteiger partial charge in [0.05, 0.1) is 0 Å². The topological polar surface area (TPSA) is 41.5 Å². The molecule has 2 aromatic rings. The number of benzene rings is 2. The van der Waals surface area contributed by atoms with Crippen LogP contribution in [0.3, 0.4) is 0 Å². The Bertz CT molecular complexity index is 822. The van der Waals surface area contributed by atoms with Crippen LogP contribution in [-0.4, -0.2) is 11.7 Å². The van der Waals surface area contributed by atoms with Crippen molar-refractivity contribution in [1.29, 1.82) is 0 Å². The second-order valence-corrected chi connectivity index (χ2v) is 5.67. The molecule has 2 aromatic carbocycles. The Morgan fingerprint density at radius 3 is 2.59 bits per heavy atom. The molecular weight excluding hydrogens is 296 g/mol. The highest BCUT2D eigenvalue weighted by Crippen LogP contribution is 2.21. The van der Waals surface area contributed by atoms with Crippen LogP contribution in [0.5, 0.6) is 0 Å². The van der Waals surface area contributed by atoms with Crippen LogP contribution < -0.4 is 5.32 Å². The van der Waals surface area contributed by atoms with Gasteiger partial charge in [0.1, 0.15) is 11.5 Å². The lowest BCUT2D eigenvalue weighted by atomic mass is 10.1. The summed E-state index contributed by atoms with van der Waals surface area (Å²) >= 11 is 6.12. The number of nitrogens with one attached hydrogen (secondary N) is 1. The molecule has 110 valence electrons. The minimum absolute atomic E-state index is 0.215. The van der Waals surface area contributed by atoms with Crippen molar-refractivity contribution in [2.75, 3.05) is 0 Å². The van der Waals surface area contributed by atoms with Crippen molar-refractivity contribution in [3.05, 3.63) is 75.4 Å². The summed E-state index contributed by atoms with van der Waals surface area (Å²) in [6, 6.07) is 13.4. The first-order valence-electron chi connectivity index (χ1n) is 6.98. The van der Waals surface area contributed by atoms with Crippen LogP contribution in [0.1, 0.15) is 22.3 Å². The summed E-state index contributed by atoms with van der Waals surface area (Å²) in [7, 11) is 0. The van der Waals surface area contributed by atoms with Gasteiger partial charge in [-0.2, -0.15) is 0 Å². The molecule has 0 unspecified atom stereocenters. The Hall–Kier alpha value is -2.39. The number of nitrogens with zero attached hydrogens (tertiary/aromatic N) is 1. The Balaban J connectivity index is 1.98. The molecule has 3 nitrogen and oxygen atoms in total.